The number of nitrogens with one attached hydrogen (secondary N) is 1. The van der Waals surface area contributed by atoms with E-state index in [-0.39, 0.29) is 13.2 Å². The normalized spacial score (nSPS) is 9.69. The predicted molar refractivity (Wildman–Crippen MR) is 52.7 cm³/mol. The molecule has 0 aliphatic rings. The molecule has 0 fully saturated rings. The molecule has 0 spiro atoms. The van der Waals surface area contributed by atoms with E-state index in [2.05, 4.69) is 5.32 Å². The second-order valence-electron chi connectivity index (χ2n) is 3.15. The first-order valence-corrected chi connectivity index (χ1v) is 4.53. The standard InChI is InChI=1S/C7H15NO3.C2H6/c1-7(2,3)11-6(10)8-4-5-9;1-2/h9H,4-5H2,1-3H3,(H,8,10);1-2H3. The number of alkyl carbamates (subject to hydrolysis) is 1. The third-order valence-electron chi connectivity index (χ3n) is 0.780. The molecule has 80 valence electrons. The van der Waals surface area contributed by atoms with Gasteiger partial charge in [-0.1, -0.05) is 13.8 Å². The second kappa shape index (κ2) is 7.86. The molecule has 0 saturated heterocycles. The quantitative estimate of drug-likeness (QED) is 0.696. The van der Waals surface area contributed by atoms with Crippen molar-refractivity contribution >= 4 is 6.09 Å². The van der Waals surface area contributed by atoms with E-state index in [1.165, 1.54) is 0 Å². The van der Waals surface area contributed by atoms with Crippen LogP contribution >= 0.6 is 0 Å². The molecule has 0 aliphatic carbocycles. The Balaban J connectivity index is 0. The van der Waals surface area contributed by atoms with Crippen molar-refractivity contribution in [2.24, 2.45) is 0 Å². The van der Waals surface area contributed by atoms with Crippen molar-refractivity contribution in [3.63, 3.8) is 0 Å². The molecular weight excluding hydrogens is 170 g/mol. The molecule has 0 aromatic heterocycles. The third-order valence-corrected chi connectivity index (χ3v) is 0.780. The molecule has 0 heterocycles. The summed E-state index contributed by atoms with van der Waals surface area (Å²) >= 11 is 0. The van der Waals surface area contributed by atoms with Crippen molar-refractivity contribution in [3.05, 3.63) is 0 Å². The highest BCUT2D eigenvalue weighted by Gasteiger charge is 2.14. The molecule has 0 rings (SSSR count). The highest BCUT2D eigenvalue weighted by atomic mass is 16.6. The summed E-state index contributed by atoms with van der Waals surface area (Å²) in [6.07, 6.45) is -0.494. The van der Waals surface area contributed by atoms with Crippen LogP contribution in [0.1, 0.15) is 34.6 Å². The van der Waals surface area contributed by atoms with Gasteiger partial charge >= 0.3 is 6.09 Å². The Morgan fingerprint density at radius 3 is 2.15 bits per heavy atom. The fourth-order valence-electron chi connectivity index (χ4n) is 0.472. The lowest BCUT2D eigenvalue weighted by Crippen LogP contribution is -2.33. The van der Waals surface area contributed by atoms with Crippen molar-refractivity contribution in [3.8, 4) is 0 Å². The minimum Gasteiger partial charge on any atom is -0.444 e. The Bertz CT molecular complexity index is 129. The molecule has 0 aromatic carbocycles. The first-order chi connectivity index (χ1) is 5.95. The van der Waals surface area contributed by atoms with Crippen molar-refractivity contribution in [2.75, 3.05) is 13.2 Å². The molecule has 0 unspecified atom stereocenters. The van der Waals surface area contributed by atoms with Crippen molar-refractivity contribution in [2.45, 2.75) is 40.2 Å². The van der Waals surface area contributed by atoms with Crippen LogP contribution in [-0.4, -0.2) is 30.0 Å². The minimum absolute atomic E-state index is 0.0702. The number of hydrogen-bond acceptors (Lipinski definition) is 3. The molecule has 0 bridgehead atoms. The van der Waals surface area contributed by atoms with Crippen LogP contribution in [-0.2, 0) is 4.74 Å². The Labute approximate surface area is 80.3 Å². The van der Waals surface area contributed by atoms with Gasteiger partial charge in [-0.2, -0.15) is 0 Å². The Morgan fingerprint density at radius 2 is 1.85 bits per heavy atom. The lowest BCUT2D eigenvalue weighted by Gasteiger charge is -2.19. The molecule has 0 radical (unpaired) electrons. The number of amides is 1. The van der Waals surface area contributed by atoms with E-state index in [0.29, 0.717) is 0 Å². The summed E-state index contributed by atoms with van der Waals surface area (Å²) in [6.45, 7) is 9.51. The van der Waals surface area contributed by atoms with Gasteiger partial charge in [0.1, 0.15) is 5.60 Å². The molecule has 0 atom stereocenters. The second-order valence-corrected chi connectivity index (χ2v) is 3.15. The zero-order valence-electron chi connectivity index (χ0n) is 9.18. The monoisotopic (exact) mass is 191 g/mol. The third kappa shape index (κ3) is 14.1. The zero-order valence-corrected chi connectivity index (χ0v) is 9.18. The van der Waals surface area contributed by atoms with Gasteiger partial charge in [0.05, 0.1) is 6.61 Å². The first kappa shape index (κ1) is 14.7. The fourth-order valence-corrected chi connectivity index (χ4v) is 0.472. The van der Waals surface area contributed by atoms with E-state index < -0.39 is 11.7 Å². The lowest BCUT2D eigenvalue weighted by molar-refractivity contribution is 0.0518. The highest BCUT2D eigenvalue weighted by Crippen LogP contribution is 2.05. The summed E-state index contributed by atoms with van der Waals surface area (Å²) in [5.41, 5.74) is -0.473. The molecule has 0 aliphatic heterocycles. The van der Waals surface area contributed by atoms with E-state index in [0.717, 1.165) is 0 Å². The number of carbonyl (C=O) groups excluding carboxylic acids is 1. The molecule has 0 aromatic rings. The fraction of sp³-hybridized carbons (Fsp3) is 0.889. The van der Waals surface area contributed by atoms with E-state index in [4.69, 9.17) is 9.84 Å². The summed E-state index contributed by atoms with van der Waals surface area (Å²) in [5, 5.41) is 10.7. The summed E-state index contributed by atoms with van der Waals surface area (Å²) in [4.78, 5) is 10.8. The number of aliphatic hydroxyl groups is 1. The Hall–Kier alpha value is -0.770. The van der Waals surface area contributed by atoms with Crippen LogP contribution in [0.5, 0.6) is 0 Å². The maximum absolute atomic E-state index is 10.8. The molecule has 4 nitrogen and oxygen atoms in total. The number of rotatable bonds is 2. The first-order valence-electron chi connectivity index (χ1n) is 4.53. The van der Waals surface area contributed by atoms with E-state index in [1.54, 1.807) is 20.8 Å². The number of ether oxygens (including phenoxy) is 1. The lowest BCUT2D eigenvalue weighted by atomic mass is 10.2. The molecule has 1 amide bonds. The van der Waals surface area contributed by atoms with Crippen LogP contribution < -0.4 is 5.32 Å². The molecular formula is C9H21NO3. The van der Waals surface area contributed by atoms with Crippen LogP contribution in [0.4, 0.5) is 4.79 Å². The molecule has 2 N–H and O–H groups in total. The summed E-state index contributed by atoms with van der Waals surface area (Å²) in [6, 6.07) is 0. The number of carbonyl (C=O) groups is 1. The average Bonchev–Trinajstić information content (AvgIpc) is 2.01. The van der Waals surface area contributed by atoms with Gasteiger partial charge in [-0.05, 0) is 20.8 Å². The topological polar surface area (TPSA) is 58.6 Å². The largest absolute Gasteiger partial charge is 0.444 e. The molecule has 0 saturated carbocycles. The predicted octanol–water partition coefficient (Wildman–Crippen LogP) is 1.53. The van der Waals surface area contributed by atoms with Gasteiger partial charge < -0.3 is 15.2 Å². The smallest absolute Gasteiger partial charge is 0.407 e. The molecule has 4 heteroatoms. The average molecular weight is 191 g/mol. The van der Waals surface area contributed by atoms with E-state index in [9.17, 15) is 4.79 Å². The Kier molecular flexibility index (Phi) is 8.91. The van der Waals surface area contributed by atoms with Crippen LogP contribution in [0.3, 0.4) is 0 Å². The van der Waals surface area contributed by atoms with Crippen molar-refractivity contribution in [1.29, 1.82) is 0 Å². The Morgan fingerprint density at radius 1 is 1.38 bits per heavy atom. The zero-order chi connectivity index (χ0) is 10.9. The van der Waals surface area contributed by atoms with Crippen molar-refractivity contribution in [1.82, 2.24) is 5.32 Å². The van der Waals surface area contributed by atoms with Gasteiger partial charge in [0.15, 0.2) is 0 Å². The summed E-state index contributed by atoms with van der Waals surface area (Å²) in [7, 11) is 0. The van der Waals surface area contributed by atoms with Crippen LogP contribution in [0.15, 0.2) is 0 Å². The van der Waals surface area contributed by atoms with Gasteiger partial charge in [-0.15, -0.1) is 0 Å². The summed E-state index contributed by atoms with van der Waals surface area (Å²) < 4.78 is 4.88. The highest BCUT2D eigenvalue weighted by molar-refractivity contribution is 5.67. The van der Waals surface area contributed by atoms with Crippen LogP contribution in [0.2, 0.25) is 0 Å². The minimum atomic E-state index is -0.494. The maximum Gasteiger partial charge on any atom is 0.407 e. The molecule has 13 heavy (non-hydrogen) atoms. The maximum atomic E-state index is 10.8. The van der Waals surface area contributed by atoms with E-state index in [1.807, 2.05) is 13.8 Å². The van der Waals surface area contributed by atoms with Gasteiger partial charge in [-0.3, -0.25) is 0 Å². The van der Waals surface area contributed by atoms with Crippen molar-refractivity contribution < 1.29 is 14.6 Å². The van der Waals surface area contributed by atoms with Gasteiger partial charge in [0, 0.05) is 6.54 Å². The SMILES string of the molecule is CC.CC(C)(C)OC(=O)NCCO. The number of hydrogen-bond donors (Lipinski definition) is 2. The van der Waals surface area contributed by atoms with Crippen LogP contribution in [0, 0.1) is 0 Å². The van der Waals surface area contributed by atoms with Gasteiger partial charge in [0.25, 0.3) is 0 Å². The van der Waals surface area contributed by atoms with Gasteiger partial charge in [-0.25, -0.2) is 4.79 Å². The number of aliphatic hydroxyl groups excluding tert-OH is 1. The van der Waals surface area contributed by atoms with Crippen LogP contribution in [0.25, 0.3) is 0 Å². The summed E-state index contributed by atoms with van der Waals surface area (Å²) in [5.74, 6) is 0. The van der Waals surface area contributed by atoms with Gasteiger partial charge in [0.2, 0.25) is 0 Å². The van der Waals surface area contributed by atoms with E-state index >= 15 is 0 Å².